The Morgan fingerprint density at radius 3 is 2.53 bits per heavy atom. The van der Waals surface area contributed by atoms with Crippen LogP contribution in [0.2, 0.25) is 0 Å². The van der Waals surface area contributed by atoms with E-state index < -0.39 is 11.6 Å². The number of halogens is 2. The van der Waals surface area contributed by atoms with Gasteiger partial charge in [0.1, 0.15) is 17.2 Å². The van der Waals surface area contributed by atoms with Gasteiger partial charge in [-0.2, -0.15) is 4.98 Å². The summed E-state index contributed by atoms with van der Waals surface area (Å²) in [5.41, 5.74) is 7.51. The van der Waals surface area contributed by atoms with Gasteiger partial charge in [-0.15, -0.1) is 0 Å². The van der Waals surface area contributed by atoms with Gasteiger partial charge >= 0.3 is 0 Å². The molecular formula is C13H9F2N3O. The van der Waals surface area contributed by atoms with E-state index in [-0.39, 0.29) is 11.7 Å². The summed E-state index contributed by atoms with van der Waals surface area (Å²) in [5, 5.41) is 2.70. The van der Waals surface area contributed by atoms with E-state index in [0.717, 1.165) is 18.2 Å². The van der Waals surface area contributed by atoms with Crippen LogP contribution in [-0.2, 0) is 0 Å². The Bertz CT molecular complexity index is 734. The molecule has 0 radical (unpaired) electrons. The summed E-state index contributed by atoms with van der Waals surface area (Å²) in [6, 6.07) is 8.23. The van der Waals surface area contributed by atoms with Crippen LogP contribution < -0.4 is 11.1 Å². The fourth-order valence-corrected chi connectivity index (χ4v) is 1.75. The molecule has 0 saturated carbocycles. The van der Waals surface area contributed by atoms with Gasteiger partial charge in [-0.3, -0.25) is 0 Å². The standard InChI is InChI=1S/C13H9F2N3O/c14-7-3-8(15)5-10(4-7)17-13-18-11-6-9(16)1-2-12(11)19-13/h1-6H,16H2,(H,17,18). The van der Waals surface area contributed by atoms with Crippen molar-refractivity contribution in [3.63, 3.8) is 0 Å². The third kappa shape index (κ3) is 2.33. The number of nitrogen functional groups attached to an aromatic ring is 1. The average molecular weight is 261 g/mol. The number of anilines is 3. The van der Waals surface area contributed by atoms with E-state index in [1.165, 1.54) is 0 Å². The van der Waals surface area contributed by atoms with Crippen LogP contribution in [0.4, 0.5) is 26.2 Å². The third-order valence-corrected chi connectivity index (χ3v) is 2.53. The van der Waals surface area contributed by atoms with E-state index in [1.807, 2.05) is 0 Å². The predicted octanol–water partition coefficient (Wildman–Crippen LogP) is 3.43. The number of aromatic nitrogens is 1. The number of fused-ring (bicyclic) bond motifs is 1. The summed E-state index contributed by atoms with van der Waals surface area (Å²) in [5.74, 6) is -1.36. The molecule has 0 atom stereocenters. The molecule has 2 aromatic carbocycles. The number of benzene rings is 2. The van der Waals surface area contributed by atoms with Crippen LogP contribution in [-0.4, -0.2) is 4.98 Å². The molecule has 3 aromatic rings. The van der Waals surface area contributed by atoms with E-state index >= 15 is 0 Å². The molecule has 3 rings (SSSR count). The highest BCUT2D eigenvalue weighted by Gasteiger charge is 2.07. The maximum Gasteiger partial charge on any atom is 0.300 e. The highest BCUT2D eigenvalue weighted by atomic mass is 19.1. The highest BCUT2D eigenvalue weighted by Crippen LogP contribution is 2.24. The van der Waals surface area contributed by atoms with E-state index in [1.54, 1.807) is 18.2 Å². The Kier molecular flexibility index (Phi) is 2.56. The maximum absolute atomic E-state index is 13.0. The first kappa shape index (κ1) is 11.5. The maximum atomic E-state index is 13.0. The van der Waals surface area contributed by atoms with Crippen LogP contribution in [0.5, 0.6) is 0 Å². The molecule has 4 nitrogen and oxygen atoms in total. The number of hydrogen-bond acceptors (Lipinski definition) is 4. The van der Waals surface area contributed by atoms with Crippen LogP contribution in [0.1, 0.15) is 0 Å². The fourth-order valence-electron chi connectivity index (χ4n) is 1.75. The van der Waals surface area contributed by atoms with E-state index in [2.05, 4.69) is 10.3 Å². The lowest BCUT2D eigenvalue weighted by atomic mass is 10.3. The normalized spacial score (nSPS) is 10.8. The van der Waals surface area contributed by atoms with Gasteiger partial charge in [-0.1, -0.05) is 0 Å². The molecular weight excluding hydrogens is 252 g/mol. The Morgan fingerprint density at radius 2 is 1.79 bits per heavy atom. The van der Waals surface area contributed by atoms with Crippen molar-refractivity contribution in [3.8, 4) is 0 Å². The number of nitrogens with zero attached hydrogens (tertiary/aromatic N) is 1. The van der Waals surface area contributed by atoms with Crippen LogP contribution in [0.15, 0.2) is 40.8 Å². The second-order valence-electron chi connectivity index (χ2n) is 4.03. The van der Waals surface area contributed by atoms with Crippen LogP contribution >= 0.6 is 0 Å². The monoisotopic (exact) mass is 261 g/mol. The number of rotatable bonds is 2. The summed E-state index contributed by atoms with van der Waals surface area (Å²) < 4.78 is 31.5. The zero-order valence-electron chi connectivity index (χ0n) is 9.65. The minimum absolute atomic E-state index is 0.144. The van der Waals surface area contributed by atoms with Gasteiger partial charge in [-0.25, -0.2) is 8.78 Å². The first-order valence-corrected chi connectivity index (χ1v) is 5.49. The molecule has 6 heteroatoms. The van der Waals surface area contributed by atoms with Crippen molar-refractivity contribution >= 4 is 28.5 Å². The van der Waals surface area contributed by atoms with Gasteiger partial charge in [0, 0.05) is 17.4 Å². The molecule has 0 saturated heterocycles. The van der Waals surface area contributed by atoms with Gasteiger partial charge in [0.25, 0.3) is 6.01 Å². The first-order chi connectivity index (χ1) is 9.10. The van der Waals surface area contributed by atoms with E-state index in [0.29, 0.717) is 16.8 Å². The van der Waals surface area contributed by atoms with Crippen LogP contribution in [0.3, 0.4) is 0 Å². The topological polar surface area (TPSA) is 64.1 Å². The fraction of sp³-hybridized carbons (Fsp3) is 0. The van der Waals surface area contributed by atoms with Gasteiger partial charge in [-0.05, 0) is 30.3 Å². The lowest BCUT2D eigenvalue weighted by Gasteiger charge is -2.01. The number of hydrogen-bond donors (Lipinski definition) is 2. The molecule has 0 aliphatic carbocycles. The highest BCUT2D eigenvalue weighted by molar-refractivity contribution is 5.78. The third-order valence-electron chi connectivity index (χ3n) is 2.53. The van der Waals surface area contributed by atoms with E-state index in [9.17, 15) is 8.78 Å². The molecule has 96 valence electrons. The Hall–Kier alpha value is -2.63. The van der Waals surface area contributed by atoms with Crippen molar-refractivity contribution in [2.75, 3.05) is 11.1 Å². The first-order valence-electron chi connectivity index (χ1n) is 5.49. The quantitative estimate of drug-likeness (QED) is 0.694. The van der Waals surface area contributed by atoms with Gasteiger partial charge < -0.3 is 15.5 Å². The largest absolute Gasteiger partial charge is 0.423 e. The zero-order valence-corrected chi connectivity index (χ0v) is 9.65. The molecule has 0 amide bonds. The molecule has 3 N–H and O–H groups in total. The predicted molar refractivity (Wildman–Crippen MR) is 68.1 cm³/mol. The van der Waals surface area contributed by atoms with Gasteiger partial charge in [0.05, 0.1) is 0 Å². The lowest BCUT2D eigenvalue weighted by molar-refractivity contribution is 0.583. The van der Waals surface area contributed by atoms with Gasteiger partial charge in [0.15, 0.2) is 5.58 Å². The number of oxazole rings is 1. The van der Waals surface area contributed by atoms with Gasteiger partial charge in [0.2, 0.25) is 0 Å². The lowest BCUT2D eigenvalue weighted by Crippen LogP contribution is -1.92. The second kappa shape index (κ2) is 4.24. The molecule has 0 spiro atoms. The summed E-state index contributed by atoms with van der Waals surface area (Å²) in [6.07, 6.45) is 0. The molecule has 0 aliphatic heterocycles. The average Bonchev–Trinajstić information content (AvgIpc) is 2.68. The van der Waals surface area contributed by atoms with Crippen molar-refractivity contribution in [2.24, 2.45) is 0 Å². The van der Waals surface area contributed by atoms with Crippen molar-refractivity contribution in [1.82, 2.24) is 4.98 Å². The Balaban J connectivity index is 1.96. The second-order valence-corrected chi connectivity index (χ2v) is 4.03. The molecule has 0 fully saturated rings. The Morgan fingerprint density at radius 1 is 1.05 bits per heavy atom. The smallest absolute Gasteiger partial charge is 0.300 e. The van der Waals surface area contributed by atoms with E-state index in [4.69, 9.17) is 10.2 Å². The van der Waals surface area contributed by atoms with Crippen molar-refractivity contribution < 1.29 is 13.2 Å². The zero-order chi connectivity index (χ0) is 13.4. The summed E-state index contributed by atoms with van der Waals surface area (Å²) in [6.45, 7) is 0. The van der Waals surface area contributed by atoms with Crippen molar-refractivity contribution in [2.45, 2.75) is 0 Å². The minimum Gasteiger partial charge on any atom is -0.423 e. The van der Waals surface area contributed by atoms with Crippen LogP contribution in [0, 0.1) is 11.6 Å². The summed E-state index contributed by atoms with van der Waals surface area (Å²) in [7, 11) is 0. The molecule has 1 aromatic heterocycles. The number of nitrogens with one attached hydrogen (secondary N) is 1. The molecule has 0 aliphatic rings. The van der Waals surface area contributed by atoms with Crippen molar-refractivity contribution in [3.05, 3.63) is 48.0 Å². The van der Waals surface area contributed by atoms with Crippen LogP contribution in [0.25, 0.3) is 11.1 Å². The summed E-state index contributed by atoms with van der Waals surface area (Å²) >= 11 is 0. The van der Waals surface area contributed by atoms with Crippen molar-refractivity contribution in [1.29, 1.82) is 0 Å². The molecule has 19 heavy (non-hydrogen) atoms. The SMILES string of the molecule is Nc1ccc2oc(Nc3cc(F)cc(F)c3)nc2c1. The number of nitrogens with two attached hydrogens (primary N) is 1. The Labute approximate surface area is 106 Å². The molecule has 1 heterocycles. The molecule has 0 bridgehead atoms. The minimum atomic E-state index is -0.678. The summed E-state index contributed by atoms with van der Waals surface area (Å²) in [4.78, 5) is 4.13. The molecule has 0 unspecified atom stereocenters.